The molecule has 5 heteroatoms. The second-order valence-electron chi connectivity index (χ2n) is 3.79. The van der Waals surface area contributed by atoms with Gasteiger partial charge in [0.25, 0.3) is 0 Å². The molecule has 0 aliphatic heterocycles. The number of carbonyl (C=O) groups is 2. The molecule has 0 saturated heterocycles. The van der Waals surface area contributed by atoms with E-state index in [0.717, 1.165) is 5.69 Å². The summed E-state index contributed by atoms with van der Waals surface area (Å²) in [6.07, 6.45) is 2.27. The summed E-state index contributed by atoms with van der Waals surface area (Å²) < 4.78 is 0. The van der Waals surface area contributed by atoms with Crippen LogP contribution in [0.5, 0.6) is 0 Å². The van der Waals surface area contributed by atoms with Crippen molar-refractivity contribution in [1.29, 1.82) is 0 Å². The molecule has 1 amide bonds. The first-order chi connectivity index (χ1) is 8.09. The van der Waals surface area contributed by atoms with Crippen LogP contribution >= 0.6 is 0 Å². The van der Waals surface area contributed by atoms with Crippen LogP contribution in [-0.2, 0) is 9.59 Å². The number of carboxylic acids is 1. The van der Waals surface area contributed by atoms with Gasteiger partial charge in [-0.25, -0.2) is 0 Å². The number of rotatable bonds is 6. The van der Waals surface area contributed by atoms with E-state index in [1.54, 1.807) is 6.20 Å². The number of aliphatic carboxylic acids is 1. The van der Waals surface area contributed by atoms with Crippen molar-refractivity contribution < 1.29 is 14.7 Å². The van der Waals surface area contributed by atoms with Crippen molar-refractivity contribution in [3.63, 3.8) is 0 Å². The molecule has 0 aliphatic rings. The molecule has 0 unspecified atom stereocenters. The third-order valence-corrected chi connectivity index (χ3v) is 2.30. The molecule has 0 aromatic carbocycles. The predicted octanol–water partition coefficient (Wildman–Crippen LogP) is 1.51. The maximum Gasteiger partial charge on any atom is 0.303 e. The van der Waals surface area contributed by atoms with Crippen LogP contribution in [0.3, 0.4) is 0 Å². The Morgan fingerprint density at radius 3 is 2.76 bits per heavy atom. The molecule has 2 N–H and O–H groups in total. The summed E-state index contributed by atoms with van der Waals surface area (Å²) in [5.41, 5.74) is 0.791. The molecule has 1 rings (SSSR count). The van der Waals surface area contributed by atoms with Gasteiger partial charge in [-0.05, 0) is 25.5 Å². The number of hydrogen-bond acceptors (Lipinski definition) is 3. The third kappa shape index (κ3) is 5.10. The van der Waals surface area contributed by atoms with Gasteiger partial charge in [-0.15, -0.1) is 0 Å². The Morgan fingerprint density at radius 2 is 2.18 bits per heavy atom. The van der Waals surface area contributed by atoms with Crippen LogP contribution in [0.25, 0.3) is 0 Å². The first-order valence-corrected chi connectivity index (χ1v) is 5.51. The summed E-state index contributed by atoms with van der Waals surface area (Å²) in [5, 5.41) is 11.2. The summed E-state index contributed by atoms with van der Waals surface area (Å²) in [7, 11) is 0. The lowest BCUT2D eigenvalue weighted by Crippen LogP contribution is -2.27. The highest BCUT2D eigenvalue weighted by atomic mass is 16.4. The maximum atomic E-state index is 11.5. The largest absolute Gasteiger partial charge is 0.481 e. The average Bonchev–Trinajstić information content (AvgIpc) is 2.29. The van der Waals surface area contributed by atoms with E-state index >= 15 is 0 Å². The second kappa shape index (κ2) is 6.62. The van der Waals surface area contributed by atoms with Gasteiger partial charge < -0.3 is 10.4 Å². The molecule has 5 nitrogen and oxygen atoms in total. The van der Waals surface area contributed by atoms with E-state index in [4.69, 9.17) is 5.11 Å². The number of aromatic nitrogens is 1. The van der Waals surface area contributed by atoms with Crippen molar-refractivity contribution in [3.05, 3.63) is 30.1 Å². The van der Waals surface area contributed by atoms with E-state index in [0.29, 0.717) is 6.42 Å². The minimum absolute atomic E-state index is 0.0192. The Balaban J connectivity index is 2.34. The van der Waals surface area contributed by atoms with Gasteiger partial charge in [0, 0.05) is 19.0 Å². The zero-order chi connectivity index (χ0) is 12.7. The smallest absolute Gasteiger partial charge is 0.303 e. The fraction of sp³-hybridized carbons (Fsp3) is 0.417. The van der Waals surface area contributed by atoms with Crippen LogP contribution in [0.2, 0.25) is 0 Å². The number of carboxylic acid groups (broad SMARTS) is 1. The second-order valence-corrected chi connectivity index (χ2v) is 3.79. The van der Waals surface area contributed by atoms with Crippen LogP contribution in [0.1, 0.15) is 37.9 Å². The number of hydrogen-bond donors (Lipinski definition) is 2. The fourth-order valence-electron chi connectivity index (χ4n) is 1.42. The highest BCUT2D eigenvalue weighted by Gasteiger charge is 2.10. The van der Waals surface area contributed by atoms with Crippen molar-refractivity contribution >= 4 is 11.9 Å². The number of nitrogens with one attached hydrogen (secondary N) is 1. The fourth-order valence-corrected chi connectivity index (χ4v) is 1.42. The van der Waals surface area contributed by atoms with Gasteiger partial charge in [-0.1, -0.05) is 6.07 Å². The molecular weight excluding hydrogens is 220 g/mol. The van der Waals surface area contributed by atoms with Crippen LogP contribution in [0, 0.1) is 0 Å². The van der Waals surface area contributed by atoms with Crippen LogP contribution < -0.4 is 5.32 Å². The number of amides is 1. The molecular formula is C12H16N2O3. The van der Waals surface area contributed by atoms with Crippen molar-refractivity contribution in [2.45, 2.75) is 32.2 Å². The highest BCUT2D eigenvalue weighted by molar-refractivity contribution is 5.77. The van der Waals surface area contributed by atoms with Crippen molar-refractivity contribution in [2.24, 2.45) is 0 Å². The highest BCUT2D eigenvalue weighted by Crippen LogP contribution is 2.08. The molecule has 92 valence electrons. The molecule has 0 spiro atoms. The number of nitrogens with zero attached hydrogens (tertiary/aromatic N) is 1. The monoisotopic (exact) mass is 236 g/mol. The lowest BCUT2D eigenvalue weighted by Gasteiger charge is -2.12. The number of pyridine rings is 1. The molecule has 0 radical (unpaired) electrons. The zero-order valence-electron chi connectivity index (χ0n) is 9.72. The Labute approximate surface area is 99.9 Å². The maximum absolute atomic E-state index is 11.5. The van der Waals surface area contributed by atoms with E-state index < -0.39 is 5.97 Å². The summed E-state index contributed by atoms with van der Waals surface area (Å²) in [5.74, 6) is -1.03. The Bertz CT molecular complexity index is 379. The van der Waals surface area contributed by atoms with E-state index in [1.165, 1.54) is 0 Å². The quantitative estimate of drug-likeness (QED) is 0.784. The molecule has 1 aromatic rings. The standard InChI is InChI=1S/C12H16N2O3/c1-9(10-5-2-3-8-13-10)14-11(15)6-4-7-12(16)17/h2-3,5,8-9H,4,6-7H2,1H3,(H,14,15)(H,16,17)/t9-/m0/s1. The van der Waals surface area contributed by atoms with Gasteiger partial charge in [-0.2, -0.15) is 0 Å². The van der Waals surface area contributed by atoms with Crippen LogP contribution in [-0.4, -0.2) is 22.0 Å². The topological polar surface area (TPSA) is 79.3 Å². The SMILES string of the molecule is C[C@H](NC(=O)CCCC(=O)O)c1ccccn1. The number of carbonyl (C=O) groups excluding carboxylic acids is 1. The van der Waals surface area contributed by atoms with E-state index in [9.17, 15) is 9.59 Å². The van der Waals surface area contributed by atoms with Gasteiger partial charge in [0.1, 0.15) is 0 Å². The molecule has 0 fully saturated rings. The summed E-state index contributed by atoms with van der Waals surface area (Å²) in [4.78, 5) is 25.9. The first kappa shape index (κ1) is 13.2. The minimum Gasteiger partial charge on any atom is -0.481 e. The first-order valence-electron chi connectivity index (χ1n) is 5.51. The van der Waals surface area contributed by atoms with E-state index in [-0.39, 0.29) is 24.8 Å². The summed E-state index contributed by atoms with van der Waals surface area (Å²) in [6, 6.07) is 5.34. The van der Waals surface area contributed by atoms with Gasteiger partial charge in [-0.3, -0.25) is 14.6 Å². The molecule has 1 aromatic heterocycles. The van der Waals surface area contributed by atoms with Gasteiger partial charge in [0.2, 0.25) is 5.91 Å². The average molecular weight is 236 g/mol. The third-order valence-electron chi connectivity index (χ3n) is 2.30. The normalized spacial score (nSPS) is 11.8. The van der Waals surface area contributed by atoms with Crippen LogP contribution in [0.4, 0.5) is 0 Å². The van der Waals surface area contributed by atoms with Crippen LogP contribution in [0.15, 0.2) is 24.4 Å². The van der Waals surface area contributed by atoms with Crippen molar-refractivity contribution in [2.75, 3.05) is 0 Å². The lowest BCUT2D eigenvalue weighted by atomic mass is 10.2. The lowest BCUT2D eigenvalue weighted by molar-refractivity contribution is -0.137. The van der Waals surface area contributed by atoms with E-state index in [2.05, 4.69) is 10.3 Å². The molecule has 1 heterocycles. The van der Waals surface area contributed by atoms with Crippen molar-refractivity contribution in [3.8, 4) is 0 Å². The zero-order valence-corrected chi connectivity index (χ0v) is 9.72. The summed E-state index contributed by atoms with van der Waals surface area (Å²) >= 11 is 0. The van der Waals surface area contributed by atoms with E-state index in [1.807, 2.05) is 25.1 Å². The Hall–Kier alpha value is -1.91. The summed E-state index contributed by atoms with van der Waals surface area (Å²) in [6.45, 7) is 1.84. The molecule has 1 atom stereocenters. The Morgan fingerprint density at radius 1 is 1.41 bits per heavy atom. The van der Waals surface area contributed by atoms with Gasteiger partial charge in [0.15, 0.2) is 0 Å². The minimum atomic E-state index is -0.879. The molecule has 17 heavy (non-hydrogen) atoms. The predicted molar refractivity (Wildman–Crippen MR) is 62.3 cm³/mol. The molecule has 0 saturated carbocycles. The van der Waals surface area contributed by atoms with Crippen molar-refractivity contribution in [1.82, 2.24) is 10.3 Å². The van der Waals surface area contributed by atoms with Gasteiger partial charge in [0.05, 0.1) is 11.7 Å². The Kier molecular flexibility index (Phi) is 5.13. The molecule has 0 bridgehead atoms. The van der Waals surface area contributed by atoms with Gasteiger partial charge >= 0.3 is 5.97 Å². The molecule has 0 aliphatic carbocycles.